The first kappa shape index (κ1) is 9.71. The average Bonchev–Trinajstić information content (AvgIpc) is 2.56. The first-order chi connectivity index (χ1) is 6.74. The summed E-state index contributed by atoms with van der Waals surface area (Å²) in [6, 6.07) is 0.469. The molecule has 1 aromatic rings. The highest BCUT2D eigenvalue weighted by atomic mass is 32.2. The molecule has 4 nitrogen and oxygen atoms in total. The number of rotatable bonds is 2. The molecule has 1 aliphatic rings. The fourth-order valence-electron chi connectivity index (χ4n) is 1.67. The Morgan fingerprint density at radius 3 is 2.86 bits per heavy atom. The maximum atomic E-state index is 11.1. The van der Waals surface area contributed by atoms with Crippen LogP contribution in [0.3, 0.4) is 0 Å². The Morgan fingerprint density at radius 2 is 2.29 bits per heavy atom. The molecule has 0 bridgehead atoms. The van der Waals surface area contributed by atoms with Crippen LogP contribution in [-0.4, -0.2) is 31.5 Å². The van der Waals surface area contributed by atoms with Crippen molar-refractivity contribution in [2.45, 2.75) is 18.9 Å². The SMILES string of the molecule is Cn1cc(NC2CCS(=O)CC2)cn1. The molecule has 14 heavy (non-hydrogen) atoms. The van der Waals surface area contributed by atoms with Gasteiger partial charge in [0.15, 0.2) is 0 Å². The molecule has 1 fully saturated rings. The van der Waals surface area contributed by atoms with Crippen LogP contribution in [0.5, 0.6) is 0 Å². The van der Waals surface area contributed by atoms with Gasteiger partial charge < -0.3 is 5.32 Å². The lowest BCUT2D eigenvalue weighted by Gasteiger charge is -2.22. The van der Waals surface area contributed by atoms with Crippen molar-refractivity contribution in [3.8, 4) is 0 Å². The number of nitrogens with one attached hydrogen (secondary N) is 1. The Hall–Kier alpha value is -0.840. The second-order valence-corrected chi connectivity index (χ2v) is 5.37. The molecule has 0 aromatic carbocycles. The number of nitrogens with zero attached hydrogens (tertiary/aromatic N) is 2. The van der Waals surface area contributed by atoms with E-state index in [9.17, 15) is 4.21 Å². The normalized spacial score (nSPS) is 27.5. The summed E-state index contributed by atoms with van der Waals surface area (Å²) in [5, 5.41) is 7.50. The zero-order valence-electron chi connectivity index (χ0n) is 8.27. The zero-order valence-corrected chi connectivity index (χ0v) is 9.09. The highest BCUT2D eigenvalue weighted by Crippen LogP contribution is 2.15. The van der Waals surface area contributed by atoms with Crippen LogP contribution in [-0.2, 0) is 17.8 Å². The molecule has 0 spiro atoms. The van der Waals surface area contributed by atoms with E-state index in [-0.39, 0.29) is 0 Å². The van der Waals surface area contributed by atoms with E-state index < -0.39 is 10.8 Å². The van der Waals surface area contributed by atoms with Gasteiger partial charge >= 0.3 is 0 Å². The van der Waals surface area contributed by atoms with Crippen LogP contribution in [0.4, 0.5) is 5.69 Å². The predicted octanol–water partition coefficient (Wildman–Crippen LogP) is 0.743. The fraction of sp³-hybridized carbons (Fsp3) is 0.667. The van der Waals surface area contributed by atoms with Crippen LogP contribution in [0.15, 0.2) is 12.4 Å². The summed E-state index contributed by atoms with van der Waals surface area (Å²) in [7, 11) is 1.33. The topological polar surface area (TPSA) is 46.9 Å². The summed E-state index contributed by atoms with van der Waals surface area (Å²) in [6.45, 7) is 0. The van der Waals surface area contributed by atoms with Gasteiger partial charge in [0, 0.05) is 41.6 Å². The highest BCUT2D eigenvalue weighted by molar-refractivity contribution is 7.85. The summed E-state index contributed by atoms with van der Waals surface area (Å²) in [4.78, 5) is 0. The molecule has 0 amide bonds. The standard InChI is InChI=1S/C9H15N3OS/c1-12-7-9(6-10-12)11-8-2-4-14(13)5-3-8/h6-8,11H,2-5H2,1H3. The minimum atomic E-state index is -0.575. The predicted molar refractivity (Wildman–Crippen MR) is 57.7 cm³/mol. The summed E-state index contributed by atoms with van der Waals surface area (Å²) >= 11 is 0. The van der Waals surface area contributed by atoms with E-state index in [1.165, 1.54) is 0 Å². The molecule has 78 valence electrons. The quantitative estimate of drug-likeness (QED) is 0.788. The molecule has 0 unspecified atom stereocenters. The van der Waals surface area contributed by atoms with Gasteiger partial charge in [-0.05, 0) is 12.8 Å². The Morgan fingerprint density at radius 1 is 1.57 bits per heavy atom. The fourth-order valence-corrected chi connectivity index (χ4v) is 2.97. The van der Waals surface area contributed by atoms with E-state index in [4.69, 9.17) is 0 Å². The second kappa shape index (κ2) is 4.13. The van der Waals surface area contributed by atoms with Gasteiger partial charge in [-0.2, -0.15) is 5.10 Å². The zero-order chi connectivity index (χ0) is 9.97. The summed E-state index contributed by atoms with van der Waals surface area (Å²) in [6.07, 6.45) is 5.79. The molecular formula is C9H15N3OS. The smallest absolute Gasteiger partial charge is 0.0728 e. The lowest BCUT2D eigenvalue weighted by atomic mass is 10.1. The van der Waals surface area contributed by atoms with Crippen molar-refractivity contribution >= 4 is 16.5 Å². The molecule has 2 heterocycles. The first-order valence-electron chi connectivity index (χ1n) is 4.84. The average molecular weight is 213 g/mol. The number of aromatic nitrogens is 2. The third-order valence-corrected chi connectivity index (χ3v) is 3.85. The third-order valence-electron chi connectivity index (χ3n) is 2.46. The lowest BCUT2D eigenvalue weighted by molar-refractivity contribution is 0.624. The summed E-state index contributed by atoms with van der Waals surface area (Å²) in [5.74, 6) is 1.66. The maximum Gasteiger partial charge on any atom is 0.0728 e. The van der Waals surface area contributed by atoms with E-state index in [0.717, 1.165) is 30.0 Å². The molecule has 5 heteroatoms. The molecular weight excluding hydrogens is 198 g/mol. The van der Waals surface area contributed by atoms with E-state index in [2.05, 4.69) is 10.4 Å². The monoisotopic (exact) mass is 213 g/mol. The minimum Gasteiger partial charge on any atom is -0.380 e. The number of aryl methyl sites for hydroxylation is 1. The Bertz CT molecular complexity index is 327. The van der Waals surface area contributed by atoms with Gasteiger partial charge in [-0.15, -0.1) is 0 Å². The van der Waals surface area contributed by atoms with E-state index in [1.54, 1.807) is 4.68 Å². The summed E-state index contributed by atoms with van der Waals surface area (Å²) in [5.41, 5.74) is 1.06. The molecule has 0 saturated carbocycles. The van der Waals surface area contributed by atoms with Gasteiger partial charge in [0.2, 0.25) is 0 Å². The number of hydrogen-bond acceptors (Lipinski definition) is 3. The first-order valence-corrected chi connectivity index (χ1v) is 6.33. The molecule has 2 rings (SSSR count). The van der Waals surface area contributed by atoms with Gasteiger partial charge in [-0.25, -0.2) is 0 Å². The molecule has 0 aliphatic carbocycles. The molecule has 0 atom stereocenters. The van der Waals surface area contributed by atoms with Crippen molar-refractivity contribution < 1.29 is 4.21 Å². The van der Waals surface area contributed by atoms with Crippen molar-refractivity contribution in [3.05, 3.63) is 12.4 Å². The second-order valence-electron chi connectivity index (χ2n) is 3.67. The molecule has 1 aromatic heterocycles. The van der Waals surface area contributed by atoms with E-state index in [0.29, 0.717) is 6.04 Å². The summed E-state index contributed by atoms with van der Waals surface area (Å²) < 4.78 is 12.9. The molecule has 1 saturated heterocycles. The number of hydrogen-bond donors (Lipinski definition) is 1. The maximum absolute atomic E-state index is 11.1. The highest BCUT2D eigenvalue weighted by Gasteiger charge is 2.17. The molecule has 1 N–H and O–H groups in total. The lowest BCUT2D eigenvalue weighted by Crippen LogP contribution is -2.29. The van der Waals surface area contributed by atoms with Crippen LogP contribution < -0.4 is 5.32 Å². The molecule has 1 aliphatic heterocycles. The van der Waals surface area contributed by atoms with Gasteiger partial charge in [0.05, 0.1) is 11.9 Å². The van der Waals surface area contributed by atoms with Gasteiger partial charge in [-0.1, -0.05) is 0 Å². The number of anilines is 1. The van der Waals surface area contributed by atoms with E-state index in [1.807, 2.05) is 19.4 Å². The van der Waals surface area contributed by atoms with Crippen molar-refractivity contribution in [1.82, 2.24) is 9.78 Å². The van der Waals surface area contributed by atoms with Gasteiger partial charge in [0.1, 0.15) is 0 Å². The Kier molecular flexibility index (Phi) is 2.86. The third kappa shape index (κ3) is 2.35. The van der Waals surface area contributed by atoms with Crippen molar-refractivity contribution in [1.29, 1.82) is 0 Å². The Labute approximate surface area is 86.1 Å². The van der Waals surface area contributed by atoms with Crippen LogP contribution >= 0.6 is 0 Å². The van der Waals surface area contributed by atoms with Crippen molar-refractivity contribution in [2.75, 3.05) is 16.8 Å². The van der Waals surface area contributed by atoms with Crippen LogP contribution in [0.2, 0.25) is 0 Å². The van der Waals surface area contributed by atoms with Crippen molar-refractivity contribution in [3.63, 3.8) is 0 Å². The van der Waals surface area contributed by atoms with E-state index >= 15 is 0 Å². The minimum absolute atomic E-state index is 0.469. The van der Waals surface area contributed by atoms with Crippen LogP contribution in [0.25, 0.3) is 0 Å². The van der Waals surface area contributed by atoms with Crippen LogP contribution in [0.1, 0.15) is 12.8 Å². The van der Waals surface area contributed by atoms with Gasteiger partial charge in [-0.3, -0.25) is 8.89 Å². The largest absolute Gasteiger partial charge is 0.380 e. The van der Waals surface area contributed by atoms with Gasteiger partial charge in [0.25, 0.3) is 0 Å². The Balaban J connectivity index is 1.89. The molecule has 0 radical (unpaired) electrons. The van der Waals surface area contributed by atoms with Crippen molar-refractivity contribution in [2.24, 2.45) is 7.05 Å². The van der Waals surface area contributed by atoms with Crippen LogP contribution in [0, 0.1) is 0 Å².